The van der Waals surface area contributed by atoms with E-state index in [1.165, 1.54) is 19.4 Å². The lowest BCUT2D eigenvalue weighted by Gasteiger charge is -2.35. The van der Waals surface area contributed by atoms with Crippen LogP contribution in [0.1, 0.15) is 40.0 Å². The number of halogens is 3. The van der Waals surface area contributed by atoms with Gasteiger partial charge in [-0.15, -0.1) is 0 Å². The maximum atomic E-state index is 12.3. The van der Waals surface area contributed by atoms with Crippen LogP contribution in [0.5, 0.6) is 0 Å². The lowest BCUT2D eigenvalue weighted by atomic mass is 9.80. The molecular weight excluding hydrogens is 269 g/mol. The fourth-order valence-corrected chi connectivity index (χ4v) is 2.79. The quantitative estimate of drug-likeness (QED) is 0.454. The van der Waals surface area contributed by atoms with E-state index in [0.29, 0.717) is 12.8 Å². The summed E-state index contributed by atoms with van der Waals surface area (Å²) in [6, 6.07) is 0. The smallest absolute Gasteiger partial charge is 0.257 e. The van der Waals surface area contributed by atoms with Crippen LogP contribution in [0.4, 0.5) is 13.2 Å². The Balaban J connectivity index is 2.83. The highest BCUT2D eigenvalue weighted by molar-refractivity contribution is 7.87. The van der Waals surface area contributed by atoms with Gasteiger partial charge in [0.1, 0.15) is 0 Å². The molecule has 0 saturated heterocycles. The predicted molar refractivity (Wildman–Crippen MR) is 61.2 cm³/mol. The van der Waals surface area contributed by atoms with Crippen LogP contribution in [0, 0.1) is 5.92 Å². The first kappa shape index (κ1) is 15.5. The first-order chi connectivity index (χ1) is 7.96. The van der Waals surface area contributed by atoms with Crippen molar-refractivity contribution in [1.29, 1.82) is 0 Å². The fourth-order valence-electron chi connectivity index (χ4n) is 1.99. The van der Waals surface area contributed by atoms with Gasteiger partial charge in [0.25, 0.3) is 0 Å². The minimum atomic E-state index is -5.54. The van der Waals surface area contributed by atoms with E-state index >= 15 is 0 Å². The average Bonchev–Trinajstić information content (AvgIpc) is 2.14. The zero-order valence-electron chi connectivity index (χ0n) is 10.5. The van der Waals surface area contributed by atoms with Crippen LogP contribution in [0.3, 0.4) is 0 Å². The summed E-state index contributed by atoms with van der Waals surface area (Å²) in [6.45, 7) is 4.71. The van der Waals surface area contributed by atoms with Crippen molar-refractivity contribution in [2.24, 2.45) is 5.92 Å². The van der Waals surface area contributed by atoms with Gasteiger partial charge < -0.3 is 0 Å². The summed E-state index contributed by atoms with van der Waals surface area (Å²) in [7, 11) is -5.54. The molecule has 0 amide bonds. The van der Waals surface area contributed by atoms with E-state index in [1.54, 1.807) is 0 Å². The highest BCUT2D eigenvalue weighted by Crippen LogP contribution is 2.37. The molecule has 0 spiro atoms. The molecule has 0 aliphatic heterocycles. The van der Waals surface area contributed by atoms with Crippen LogP contribution in [-0.4, -0.2) is 19.5 Å². The molecule has 0 bridgehead atoms. The van der Waals surface area contributed by atoms with Gasteiger partial charge in [-0.1, -0.05) is 11.6 Å². The summed E-state index contributed by atoms with van der Waals surface area (Å²) >= 11 is 0. The Hall–Kier alpha value is -0.560. The third-order valence-electron chi connectivity index (χ3n) is 3.23. The zero-order chi connectivity index (χ0) is 14.2. The number of alkyl halides is 3. The van der Waals surface area contributed by atoms with Gasteiger partial charge in [-0.3, -0.25) is 4.18 Å². The maximum absolute atomic E-state index is 12.3. The summed E-state index contributed by atoms with van der Waals surface area (Å²) < 4.78 is 63.2. The third-order valence-corrected chi connectivity index (χ3v) is 4.45. The van der Waals surface area contributed by atoms with Gasteiger partial charge in [-0.25, -0.2) is 0 Å². The number of allylic oxidation sites excluding steroid dienone is 2. The summed E-state index contributed by atoms with van der Waals surface area (Å²) in [5, 5.41) is 0. The predicted octanol–water partition coefficient (Wildman–Crippen LogP) is 3.38. The van der Waals surface area contributed by atoms with E-state index in [0.717, 1.165) is 6.42 Å². The molecule has 1 aliphatic carbocycles. The van der Waals surface area contributed by atoms with Gasteiger partial charge in [-0.2, -0.15) is 21.6 Å². The monoisotopic (exact) mass is 286 g/mol. The molecule has 0 fully saturated rings. The van der Waals surface area contributed by atoms with Crippen molar-refractivity contribution in [3.8, 4) is 0 Å². The molecule has 0 N–H and O–H groups in total. The minimum absolute atomic E-state index is 0.238. The van der Waals surface area contributed by atoms with Crippen molar-refractivity contribution >= 4 is 10.1 Å². The number of hydrogen-bond donors (Lipinski definition) is 0. The molecule has 0 heterocycles. The topological polar surface area (TPSA) is 43.4 Å². The standard InChI is InChI=1S/C11H17F3O3S/c1-8-4-6-9(7-5-8)10(2,3)17-18(15,16)11(12,13)14/h4,9H,5-7H2,1-3H3. The van der Waals surface area contributed by atoms with E-state index in [2.05, 4.69) is 4.18 Å². The van der Waals surface area contributed by atoms with Crippen molar-refractivity contribution in [3.05, 3.63) is 11.6 Å². The summed E-state index contributed by atoms with van der Waals surface area (Å²) in [5.74, 6) is -0.238. The molecule has 0 aromatic rings. The molecule has 0 saturated carbocycles. The van der Waals surface area contributed by atoms with E-state index < -0.39 is 21.2 Å². The molecule has 106 valence electrons. The van der Waals surface area contributed by atoms with Crippen LogP contribution in [0.25, 0.3) is 0 Å². The van der Waals surface area contributed by atoms with Crippen molar-refractivity contribution in [1.82, 2.24) is 0 Å². The zero-order valence-corrected chi connectivity index (χ0v) is 11.4. The third kappa shape index (κ3) is 3.47. The highest BCUT2D eigenvalue weighted by Gasteiger charge is 2.51. The van der Waals surface area contributed by atoms with Gasteiger partial charge in [0.15, 0.2) is 0 Å². The lowest BCUT2D eigenvalue weighted by Crippen LogP contribution is -2.41. The Morgan fingerprint density at radius 1 is 1.33 bits per heavy atom. The second-order valence-corrected chi connectivity index (χ2v) is 6.65. The first-order valence-corrected chi connectivity index (χ1v) is 7.04. The van der Waals surface area contributed by atoms with Crippen molar-refractivity contribution in [2.45, 2.75) is 51.1 Å². The molecule has 3 nitrogen and oxygen atoms in total. The fraction of sp³-hybridized carbons (Fsp3) is 0.818. The van der Waals surface area contributed by atoms with E-state index in [9.17, 15) is 21.6 Å². The maximum Gasteiger partial charge on any atom is 0.523 e. The molecule has 18 heavy (non-hydrogen) atoms. The second kappa shape index (κ2) is 4.85. The van der Waals surface area contributed by atoms with Crippen LogP contribution >= 0.6 is 0 Å². The van der Waals surface area contributed by atoms with Crippen LogP contribution in [0.2, 0.25) is 0 Å². The van der Waals surface area contributed by atoms with Crippen LogP contribution in [-0.2, 0) is 14.3 Å². The van der Waals surface area contributed by atoms with Crippen molar-refractivity contribution in [3.63, 3.8) is 0 Å². The lowest BCUT2D eigenvalue weighted by molar-refractivity contribution is -0.0685. The Morgan fingerprint density at radius 3 is 2.28 bits per heavy atom. The molecule has 0 aromatic heterocycles. The number of hydrogen-bond acceptors (Lipinski definition) is 3. The normalized spacial score (nSPS) is 22.8. The van der Waals surface area contributed by atoms with Crippen molar-refractivity contribution in [2.75, 3.05) is 0 Å². The van der Waals surface area contributed by atoms with Crippen molar-refractivity contribution < 1.29 is 25.8 Å². The Kier molecular flexibility index (Phi) is 4.17. The summed E-state index contributed by atoms with van der Waals surface area (Å²) in [4.78, 5) is 0. The number of rotatable bonds is 3. The van der Waals surface area contributed by atoms with Crippen LogP contribution < -0.4 is 0 Å². The molecule has 1 atom stereocenters. The van der Waals surface area contributed by atoms with E-state index in [-0.39, 0.29) is 5.92 Å². The Bertz CT molecular complexity index is 435. The van der Waals surface area contributed by atoms with E-state index in [1.807, 2.05) is 13.0 Å². The van der Waals surface area contributed by atoms with Gasteiger partial charge in [-0.05, 0) is 46.0 Å². The van der Waals surface area contributed by atoms with Crippen LogP contribution in [0.15, 0.2) is 11.6 Å². The van der Waals surface area contributed by atoms with Gasteiger partial charge >= 0.3 is 15.6 Å². The SMILES string of the molecule is CC1=CCC(C(C)(C)OS(=O)(=O)C(F)(F)F)CC1. The van der Waals surface area contributed by atoms with Gasteiger partial charge in [0.05, 0.1) is 5.60 Å². The van der Waals surface area contributed by atoms with Gasteiger partial charge in [0.2, 0.25) is 0 Å². The summed E-state index contributed by atoms with van der Waals surface area (Å²) in [6.07, 6.45) is 3.83. The van der Waals surface area contributed by atoms with E-state index in [4.69, 9.17) is 0 Å². The minimum Gasteiger partial charge on any atom is -0.257 e. The Labute approximate surface area is 105 Å². The second-order valence-electron chi connectivity index (χ2n) is 5.11. The first-order valence-electron chi connectivity index (χ1n) is 5.63. The largest absolute Gasteiger partial charge is 0.523 e. The molecule has 7 heteroatoms. The molecule has 0 radical (unpaired) electrons. The molecule has 1 aliphatic rings. The van der Waals surface area contributed by atoms with Gasteiger partial charge in [0, 0.05) is 0 Å². The molecular formula is C11H17F3O3S. The summed E-state index contributed by atoms with van der Waals surface area (Å²) in [5.41, 5.74) is -5.56. The molecule has 1 rings (SSSR count). The highest BCUT2D eigenvalue weighted by atomic mass is 32.2. The Morgan fingerprint density at radius 2 is 1.89 bits per heavy atom. The average molecular weight is 286 g/mol. The molecule has 0 aromatic carbocycles. The molecule has 1 unspecified atom stereocenters.